The molecule has 6 aromatic rings. The molecule has 0 saturated heterocycles. The van der Waals surface area contributed by atoms with E-state index in [4.69, 9.17) is 60.6 Å². The van der Waals surface area contributed by atoms with E-state index in [-0.39, 0.29) is 73.0 Å². The fourth-order valence-electron chi connectivity index (χ4n) is 10.4. The molecule has 20 heteroatoms. The van der Waals surface area contributed by atoms with E-state index in [0.717, 1.165) is 12.8 Å². The lowest BCUT2D eigenvalue weighted by atomic mass is 9.88. The van der Waals surface area contributed by atoms with E-state index in [1.165, 1.54) is 74.2 Å². The number of ether oxygens (including phenoxy) is 3. The fraction of sp³-hybridized carbons (Fsp3) is 0.377. The second-order valence-corrected chi connectivity index (χ2v) is 24.0. The zero-order chi connectivity index (χ0) is 58.5. The second-order valence-electron chi connectivity index (χ2n) is 22.3. The first kappa shape index (κ1) is 60.2. The van der Waals surface area contributed by atoms with Crippen LogP contribution in [0, 0.1) is 22.5 Å². The van der Waals surface area contributed by atoms with Gasteiger partial charge in [-0.2, -0.15) is 0 Å². The highest BCUT2D eigenvalue weighted by atomic mass is 35.5. The molecule has 0 spiro atoms. The number of nitrogens with zero attached hydrogens (tertiary/aromatic N) is 4. The maximum atomic E-state index is 16.5. The number of hydrogen-bond donors (Lipinski definition) is 5. The van der Waals surface area contributed by atoms with Crippen molar-refractivity contribution in [1.82, 2.24) is 19.8 Å². The molecule has 4 heterocycles. The molecule has 10 rings (SSSR count). The Balaban J connectivity index is 0.000000196. The molecule has 0 unspecified atom stereocenters. The monoisotopic (exact) mass is 1190 g/mol. The molecular formula is C61H62Cl4F2N4O10. The topological polar surface area (TPSA) is 195 Å². The summed E-state index contributed by atoms with van der Waals surface area (Å²) in [6.45, 7) is 9.20. The van der Waals surface area contributed by atoms with Crippen molar-refractivity contribution in [3.05, 3.63) is 210 Å². The summed E-state index contributed by atoms with van der Waals surface area (Å²) in [5, 5.41) is 53.9. The summed E-state index contributed by atoms with van der Waals surface area (Å²) in [4.78, 5) is 40.5. The van der Waals surface area contributed by atoms with Gasteiger partial charge in [-0.05, 0) is 137 Å². The molecule has 0 radical (unpaired) electrons. The van der Waals surface area contributed by atoms with Crippen LogP contribution in [0.4, 0.5) is 8.78 Å². The summed E-state index contributed by atoms with van der Waals surface area (Å²) < 4.78 is 52.1. The van der Waals surface area contributed by atoms with Crippen LogP contribution in [0.1, 0.15) is 131 Å². The Morgan fingerprint density at radius 1 is 0.617 bits per heavy atom. The third-order valence-electron chi connectivity index (χ3n) is 15.6. The molecule has 2 saturated carbocycles. The van der Waals surface area contributed by atoms with Crippen LogP contribution in [0.15, 0.2) is 122 Å². The predicted molar refractivity (Wildman–Crippen MR) is 302 cm³/mol. The number of amides is 2. The van der Waals surface area contributed by atoms with Gasteiger partial charge in [0.15, 0.2) is 0 Å². The summed E-state index contributed by atoms with van der Waals surface area (Å²) in [5.74, 6) is -2.64. The van der Waals surface area contributed by atoms with Gasteiger partial charge in [-0.3, -0.25) is 29.4 Å². The summed E-state index contributed by atoms with van der Waals surface area (Å²) in [6, 6.07) is 23.1. The lowest BCUT2D eigenvalue weighted by Gasteiger charge is -2.44. The maximum Gasteiger partial charge on any atom is 0.257 e. The molecule has 2 amide bonds. The van der Waals surface area contributed by atoms with Crippen molar-refractivity contribution >= 4 is 58.2 Å². The molecule has 4 aromatic carbocycles. The van der Waals surface area contributed by atoms with Crippen molar-refractivity contribution in [2.45, 2.75) is 88.1 Å². The van der Waals surface area contributed by atoms with Crippen LogP contribution in [-0.4, -0.2) is 103 Å². The van der Waals surface area contributed by atoms with Crippen molar-refractivity contribution in [1.29, 1.82) is 0 Å². The molecule has 0 bridgehead atoms. The van der Waals surface area contributed by atoms with Crippen LogP contribution >= 0.6 is 46.4 Å². The molecule has 2 aromatic heterocycles. The van der Waals surface area contributed by atoms with Crippen LogP contribution in [0.3, 0.4) is 0 Å². The third-order valence-corrected chi connectivity index (χ3v) is 16.5. The van der Waals surface area contributed by atoms with Gasteiger partial charge in [-0.25, -0.2) is 8.78 Å². The average molecular weight is 1190 g/mol. The standard InChI is InChI=1S/C32H33Cl2FN2O5.C29H29Cl2FN2O5/c1-4-13-41-17-27(26-10-9-23(34)16-36-26)37-29(39)24-14-21(30(2,3)40)15-25(35)28(24)32(37,20-5-7-22(33)8-6-20)42-19-31(18-38)11-12-31;1-27(2,38)18-11-21-25(22(32)12-18)29(17-3-5-19(30)6-4-17,39-16-28(15-36)9-10-28)34(26(21)37)24(14-35)23-8-7-20(31)13-33-23/h4-10,14-16,27,38,40H,1,11-13,17-19H2,2-3H3;3-8,11-13,24,35-36,38H,9-10,14-16H2,1-2H3/t27-,32+;24-,29+/m00/s1. The number of hydrogen-bond acceptors (Lipinski definition) is 12. The normalized spacial score (nSPS) is 20.3. The number of rotatable bonds is 21. The van der Waals surface area contributed by atoms with E-state index < -0.39 is 75.6 Å². The van der Waals surface area contributed by atoms with Crippen LogP contribution < -0.4 is 0 Å². The Hall–Kier alpha value is -5.44. The highest BCUT2D eigenvalue weighted by Crippen LogP contribution is 2.56. The number of aromatic nitrogens is 2. The van der Waals surface area contributed by atoms with Gasteiger partial charge in [0.1, 0.15) is 23.7 Å². The summed E-state index contributed by atoms with van der Waals surface area (Å²) in [6.07, 6.45) is 7.33. The highest BCUT2D eigenvalue weighted by molar-refractivity contribution is 6.31. The van der Waals surface area contributed by atoms with Crippen LogP contribution in [0.25, 0.3) is 0 Å². The molecule has 2 aliphatic heterocycles. The molecule has 4 atom stereocenters. The third kappa shape index (κ3) is 11.7. The molecule has 2 fully saturated rings. The largest absolute Gasteiger partial charge is 0.396 e. The minimum absolute atomic E-state index is 0.000698. The Kier molecular flexibility index (Phi) is 17.3. The van der Waals surface area contributed by atoms with Crippen LogP contribution in [0.2, 0.25) is 20.1 Å². The van der Waals surface area contributed by atoms with E-state index in [1.807, 2.05) is 0 Å². The van der Waals surface area contributed by atoms with Crippen molar-refractivity contribution in [2.24, 2.45) is 10.8 Å². The number of carbonyl (C=O) groups is 2. The first-order chi connectivity index (χ1) is 38.4. The molecule has 5 N–H and O–H groups in total. The zero-order valence-electron chi connectivity index (χ0n) is 44.9. The number of aliphatic hydroxyl groups excluding tert-OH is 3. The first-order valence-electron chi connectivity index (χ1n) is 26.3. The minimum atomic E-state index is -1.85. The molecule has 428 valence electrons. The van der Waals surface area contributed by atoms with Gasteiger partial charge in [0.05, 0.1) is 101 Å². The van der Waals surface area contributed by atoms with Crippen molar-refractivity contribution in [3.63, 3.8) is 0 Å². The van der Waals surface area contributed by atoms with Gasteiger partial charge >= 0.3 is 0 Å². The summed E-state index contributed by atoms with van der Waals surface area (Å²) >= 11 is 24.7. The minimum Gasteiger partial charge on any atom is -0.396 e. The predicted octanol–water partition coefficient (Wildman–Crippen LogP) is 11.1. The van der Waals surface area contributed by atoms with Crippen molar-refractivity contribution in [2.75, 3.05) is 46.2 Å². The van der Waals surface area contributed by atoms with Gasteiger partial charge in [-0.1, -0.05) is 76.7 Å². The number of fused-ring (bicyclic) bond motifs is 2. The average Bonchev–Trinajstić information content (AvgIpc) is 4.55. The molecule has 14 nitrogen and oxygen atoms in total. The molecule has 4 aliphatic rings. The Labute approximate surface area is 488 Å². The lowest BCUT2D eigenvalue weighted by molar-refractivity contribution is -0.147. The summed E-state index contributed by atoms with van der Waals surface area (Å²) in [7, 11) is 0. The SMILES string of the molecule is C=CCOC[C@@H](c1ccc(Cl)cn1)N1C(=O)c2cc(C(C)(C)O)cc(F)c2[C@]1(OCC1(CO)CC1)c1ccc(Cl)cc1.CC(C)(O)c1cc(F)c2c(c1)C(=O)N([C@@H](CO)c1ccc(Cl)cn1)[C@@]2(OCC1(CO)CC1)c1ccc(Cl)cc1. The van der Waals surface area contributed by atoms with Gasteiger partial charge < -0.3 is 39.7 Å². The van der Waals surface area contributed by atoms with Gasteiger partial charge in [0, 0.05) is 44.4 Å². The number of benzene rings is 4. The highest BCUT2D eigenvalue weighted by Gasteiger charge is 2.61. The Bertz CT molecular complexity index is 3300. The molecule has 2 aliphatic carbocycles. The van der Waals surface area contributed by atoms with Gasteiger partial charge in [0.2, 0.25) is 11.4 Å². The van der Waals surface area contributed by atoms with E-state index in [9.17, 15) is 35.1 Å². The Morgan fingerprint density at radius 2 is 1.00 bits per heavy atom. The van der Waals surface area contributed by atoms with Gasteiger partial charge in [0.25, 0.3) is 11.8 Å². The summed E-state index contributed by atoms with van der Waals surface area (Å²) in [5.41, 5.74) is -5.51. The van der Waals surface area contributed by atoms with Crippen molar-refractivity contribution in [3.8, 4) is 0 Å². The second kappa shape index (κ2) is 23.3. The maximum absolute atomic E-state index is 16.5. The van der Waals surface area contributed by atoms with Gasteiger partial charge in [-0.15, -0.1) is 6.58 Å². The quantitative estimate of drug-likeness (QED) is 0.0339. The van der Waals surface area contributed by atoms with E-state index in [2.05, 4.69) is 16.5 Å². The zero-order valence-corrected chi connectivity index (χ0v) is 48.0. The van der Waals surface area contributed by atoms with E-state index >= 15 is 8.78 Å². The number of pyridine rings is 2. The smallest absolute Gasteiger partial charge is 0.257 e. The number of halogens is 6. The Morgan fingerprint density at radius 3 is 1.33 bits per heavy atom. The van der Waals surface area contributed by atoms with E-state index in [1.54, 1.807) is 78.9 Å². The number of aliphatic hydroxyl groups is 5. The molecule has 81 heavy (non-hydrogen) atoms. The van der Waals surface area contributed by atoms with Crippen molar-refractivity contribution < 1.29 is 58.1 Å². The lowest BCUT2D eigenvalue weighted by Crippen LogP contribution is -2.51. The van der Waals surface area contributed by atoms with Crippen LogP contribution in [-0.2, 0) is 36.9 Å². The molecular weight excluding hydrogens is 1130 g/mol. The number of carbonyl (C=O) groups excluding carboxylic acids is 2. The van der Waals surface area contributed by atoms with Crippen LogP contribution in [0.5, 0.6) is 0 Å². The first-order valence-corrected chi connectivity index (χ1v) is 27.8. The van der Waals surface area contributed by atoms with E-state index in [0.29, 0.717) is 55.4 Å². The fourth-order valence-corrected chi connectivity index (χ4v) is 10.9.